The molecule has 0 unspecified atom stereocenters. The van der Waals surface area contributed by atoms with Gasteiger partial charge in [0.25, 0.3) is 0 Å². The van der Waals surface area contributed by atoms with Gasteiger partial charge >= 0.3 is 0 Å². The van der Waals surface area contributed by atoms with Crippen LogP contribution in [0.4, 0.5) is 0 Å². The van der Waals surface area contributed by atoms with Crippen molar-refractivity contribution in [2.24, 2.45) is 0 Å². The minimum atomic E-state index is 0.395. The minimum absolute atomic E-state index is 0.395. The lowest BCUT2D eigenvalue weighted by atomic mass is 10.6. The fourth-order valence-electron chi connectivity index (χ4n) is 0.486. The van der Waals surface area contributed by atoms with Gasteiger partial charge in [-0.25, -0.2) is 0 Å². The summed E-state index contributed by atoms with van der Waals surface area (Å²) in [5, 5.41) is 0. The zero-order valence-electron chi connectivity index (χ0n) is 5.68. The fraction of sp³-hybridized carbons (Fsp3) is 0.250. The third-order valence-electron chi connectivity index (χ3n) is 0.924. The molecule has 0 spiro atoms. The molecule has 0 aliphatic heterocycles. The summed E-state index contributed by atoms with van der Waals surface area (Å²) < 4.78 is 9.71. The summed E-state index contributed by atoms with van der Waals surface area (Å²) in [5.41, 5.74) is 0. The lowest BCUT2D eigenvalue weighted by Gasteiger charge is -1.92. The Labute approximate surface area is 59.8 Å². The van der Waals surface area contributed by atoms with E-state index in [0.29, 0.717) is 12.4 Å². The SMILES string of the molecule is CC#CCOc1[c]occ1. The first kappa shape index (κ1) is 6.76. The summed E-state index contributed by atoms with van der Waals surface area (Å²) in [6, 6.07) is 1.69. The van der Waals surface area contributed by atoms with Crippen LogP contribution in [0.25, 0.3) is 0 Å². The number of hydrogen-bond acceptors (Lipinski definition) is 2. The molecule has 0 N–H and O–H groups in total. The first-order chi connectivity index (χ1) is 4.93. The third kappa shape index (κ3) is 1.87. The molecule has 1 rings (SSSR count). The van der Waals surface area contributed by atoms with Crippen molar-refractivity contribution in [3.63, 3.8) is 0 Å². The van der Waals surface area contributed by atoms with E-state index >= 15 is 0 Å². The molecule has 1 heterocycles. The zero-order valence-corrected chi connectivity index (χ0v) is 5.68. The van der Waals surface area contributed by atoms with E-state index in [1.54, 1.807) is 13.0 Å². The van der Waals surface area contributed by atoms with Crippen molar-refractivity contribution in [1.82, 2.24) is 0 Å². The largest absolute Gasteiger partial charge is 0.477 e. The molecule has 1 radical (unpaired) electrons. The minimum Gasteiger partial charge on any atom is -0.477 e. The summed E-state index contributed by atoms with van der Waals surface area (Å²) >= 11 is 0. The molecule has 0 aromatic carbocycles. The number of rotatable bonds is 2. The van der Waals surface area contributed by atoms with E-state index in [1.165, 1.54) is 6.26 Å². The molecular weight excluding hydrogens is 128 g/mol. The smallest absolute Gasteiger partial charge is 0.214 e. The Hall–Kier alpha value is -1.36. The normalized spacial score (nSPS) is 8.10. The van der Waals surface area contributed by atoms with Crippen LogP contribution in [0.5, 0.6) is 5.75 Å². The fourth-order valence-corrected chi connectivity index (χ4v) is 0.486. The summed E-state index contributed by atoms with van der Waals surface area (Å²) in [5.74, 6) is 6.06. The van der Waals surface area contributed by atoms with Gasteiger partial charge in [-0.2, -0.15) is 0 Å². The van der Waals surface area contributed by atoms with Gasteiger partial charge < -0.3 is 9.15 Å². The van der Waals surface area contributed by atoms with E-state index in [4.69, 9.17) is 4.74 Å². The maximum absolute atomic E-state index is 5.06. The summed E-state index contributed by atoms with van der Waals surface area (Å²) in [6.45, 7) is 2.16. The van der Waals surface area contributed by atoms with Gasteiger partial charge in [-0.15, -0.1) is 5.92 Å². The second kappa shape index (κ2) is 3.62. The van der Waals surface area contributed by atoms with Gasteiger partial charge in [-0.3, -0.25) is 0 Å². The van der Waals surface area contributed by atoms with Crippen molar-refractivity contribution in [2.75, 3.05) is 6.61 Å². The number of ether oxygens (including phenoxy) is 1. The van der Waals surface area contributed by atoms with E-state index in [-0.39, 0.29) is 0 Å². The Morgan fingerprint density at radius 2 is 2.70 bits per heavy atom. The van der Waals surface area contributed by atoms with Crippen molar-refractivity contribution < 1.29 is 9.15 Å². The van der Waals surface area contributed by atoms with Gasteiger partial charge in [0.1, 0.15) is 6.61 Å². The van der Waals surface area contributed by atoms with Crippen LogP contribution >= 0.6 is 0 Å². The molecule has 0 saturated heterocycles. The van der Waals surface area contributed by atoms with Gasteiger partial charge in [-0.05, 0) is 6.92 Å². The third-order valence-corrected chi connectivity index (χ3v) is 0.924. The van der Waals surface area contributed by atoms with Crippen LogP contribution in [0, 0.1) is 18.1 Å². The molecule has 0 fully saturated rings. The van der Waals surface area contributed by atoms with Crippen molar-refractivity contribution in [1.29, 1.82) is 0 Å². The lowest BCUT2D eigenvalue weighted by molar-refractivity contribution is 0.362. The van der Waals surface area contributed by atoms with Crippen molar-refractivity contribution in [3.05, 3.63) is 18.6 Å². The van der Waals surface area contributed by atoms with Crippen molar-refractivity contribution in [2.45, 2.75) is 6.92 Å². The summed E-state index contributed by atoms with van der Waals surface area (Å²) in [6.07, 6.45) is 4.04. The van der Waals surface area contributed by atoms with E-state index in [0.717, 1.165) is 0 Å². The first-order valence-corrected chi connectivity index (χ1v) is 2.91. The van der Waals surface area contributed by atoms with Gasteiger partial charge in [0.05, 0.1) is 6.26 Å². The lowest BCUT2D eigenvalue weighted by Crippen LogP contribution is -1.91. The van der Waals surface area contributed by atoms with Gasteiger partial charge in [-0.1, -0.05) is 5.92 Å². The average Bonchev–Trinajstić information content (AvgIpc) is 2.41. The standard InChI is InChI=1S/C8H7O2/c1-2-3-5-10-8-4-6-9-7-8/h4,6H,5H2,1H3. The van der Waals surface area contributed by atoms with Gasteiger partial charge in [0, 0.05) is 6.07 Å². The molecule has 0 bridgehead atoms. The van der Waals surface area contributed by atoms with Crippen LogP contribution in [-0.2, 0) is 0 Å². The molecule has 10 heavy (non-hydrogen) atoms. The molecule has 2 heteroatoms. The van der Waals surface area contributed by atoms with Crippen LogP contribution in [0.15, 0.2) is 16.7 Å². The molecule has 2 nitrogen and oxygen atoms in total. The molecular formula is C8H7O2. The Morgan fingerprint density at radius 1 is 1.80 bits per heavy atom. The monoisotopic (exact) mass is 135 g/mol. The highest BCUT2D eigenvalue weighted by Gasteiger charge is 1.90. The molecule has 1 aromatic rings. The summed E-state index contributed by atoms with van der Waals surface area (Å²) in [4.78, 5) is 0. The van der Waals surface area contributed by atoms with E-state index in [2.05, 4.69) is 22.5 Å². The highest BCUT2D eigenvalue weighted by Crippen LogP contribution is 2.07. The average molecular weight is 135 g/mol. The Balaban J connectivity index is 2.32. The van der Waals surface area contributed by atoms with Gasteiger partial charge in [0.15, 0.2) is 5.75 Å². The number of hydrogen-bond donors (Lipinski definition) is 0. The van der Waals surface area contributed by atoms with Crippen molar-refractivity contribution in [3.8, 4) is 17.6 Å². The van der Waals surface area contributed by atoms with Crippen LogP contribution in [0.1, 0.15) is 6.92 Å². The Kier molecular flexibility index (Phi) is 2.45. The van der Waals surface area contributed by atoms with E-state index < -0.39 is 0 Å². The van der Waals surface area contributed by atoms with Crippen LogP contribution in [0.2, 0.25) is 0 Å². The molecule has 0 aliphatic carbocycles. The zero-order chi connectivity index (χ0) is 7.23. The van der Waals surface area contributed by atoms with Crippen LogP contribution in [0.3, 0.4) is 0 Å². The highest BCUT2D eigenvalue weighted by atomic mass is 16.5. The molecule has 0 atom stereocenters. The topological polar surface area (TPSA) is 22.4 Å². The van der Waals surface area contributed by atoms with Crippen molar-refractivity contribution >= 4 is 0 Å². The maximum atomic E-state index is 5.06. The number of furan rings is 1. The van der Waals surface area contributed by atoms with E-state index in [9.17, 15) is 0 Å². The molecule has 0 saturated carbocycles. The highest BCUT2D eigenvalue weighted by molar-refractivity contribution is 5.12. The maximum Gasteiger partial charge on any atom is 0.214 e. The Morgan fingerprint density at radius 3 is 3.30 bits per heavy atom. The second-order valence-electron chi connectivity index (χ2n) is 1.60. The predicted molar refractivity (Wildman–Crippen MR) is 36.5 cm³/mol. The first-order valence-electron chi connectivity index (χ1n) is 2.91. The second-order valence-corrected chi connectivity index (χ2v) is 1.60. The molecule has 51 valence electrons. The van der Waals surface area contributed by atoms with E-state index in [1.807, 2.05) is 0 Å². The van der Waals surface area contributed by atoms with Crippen LogP contribution < -0.4 is 4.74 Å². The quantitative estimate of drug-likeness (QED) is 0.573. The molecule has 0 aliphatic rings. The molecule has 1 aromatic heterocycles. The predicted octanol–water partition coefficient (Wildman–Crippen LogP) is 1.48. The van der Waals surface area contributed by atoms with Crippen LogP contribution in [-0.4, -0.2) is 6.61 Å². The van der Waals surface area contributed by atoms with Gasteiger partial charge in [0.2, 0.25) is 6.26 Å². The Bertz CT molecular complexity index is 226. The summed E-state index contributed by atoms with van der Waals surface area (Å²) in [7, 11) is 0. The molecule has 0 amide bonds.